The molecule has 0 fully saturated rings. The van der Waals surface area contributed by atoms with E-state index in [4.69, 9.17) is 5.10 Å². The molecule has 0 aliphatic carbocycles. The highest BCUT2D eigenvalue weighted by Gasteiger charge is 2.33. The maximum Gasteiger partial charge on any atom is 0.271 e. The predicted octanol–water partition coefficient (Wildman–Crippen LogP) is 4.21. The van der Waals surface area contributed by atoms with Crippen molar-refractivity contribution in [2.75, 3.05) is 10.8 Å². The second kappa shape index (κ2) is 8.07. The van der Waals surface area contributed by atoms with E-state index in [9.17, 15) is 18.5 Å². The summed E-state index contributed by atoms with van der Waals surface area (Å²) >= 11 is 0. The third kappa shape index (κ3) is 3.52. The topological polar surface area (TPSA) is 111 Å². The summed E-state index contributed by atoms with van der Waals surface area (Å²) in [5.41, 5.74) is 4.39. The van der Waals surface area contributed by atoms with Gasteiger partial charge >= 0.3 is 0 Å². The fraction of sp³-hybridized carbons (Fsp3) is 0.167. The van der Waals surface area contributed by atoms with Crippen LogP contribution in [0.4, 0.5) is 11.5 Å². The molecule has 34 heavy (non-hydrogen) atoms. The number of aryl methyl sites for hydroxylation is 1. The summed E-state index contributed by atoms with van der Waals surface area (Å²) in [5.74, 6) is 0.311. The van der Waals surface area contributed by atoms with E-state index >= 15 is 0 Å². The molecule has 0 saturated heterocycles. The van der Waals surface area contributed by atoms with Crippen LogP contribution in [0, 0.1) is 24.0 Å². The van der Waals surface area contributed by atoms with E-state index in [0.717, 1.165) is 16.8 Å². The zero-order valence-electron chi connectivity index (χ0n) is 18.5. The molecule has 4 aromatic rings. The van der Waals surface area contributed by atoms with E-state index in [1.807, 2.05) is 13.8 Å². The Morgan fingerprint density at radius 1 is 1.03 bits per heavy atom. The lowest BCUT2D eigenvalue weighted by molar-refractivity contribution is -0.384. The SMILES string of the molecule is Cc1ccc(S(=O)(=O)N2CCc3c(nn(-c4cccc([N+](=O)[O-])c4)c3C)-c3cccnc32)cc1. The molecule has 1 aliphatic heterocycles. The van der Waals surface area contributed by atoms with Gasteiger partial charge in [0, 0.05) is 41.7 Å². The number of aromatic nitrogens is 3. The Labute approximate surface area is 196 Å². The van der Waals surface area contributed by atoms with Gasteiger partial charge in [-0.1, -0.05) is 23.8 Å². The van der Waals surface area contributed by atoms with Crippen molar-refractivity contribution in [3.05, 3.63) is 93.8 Å². The normalized spacial score (nSPS) is 13.2. The standard InChI is InChI=1S/C24H21N5O4S/c1-16-8-10-20(11-9-16)34(32,33)27-14-12-21-17(2)28(18-5-3-6-19(15-18)29(30)31)26-23(21)22-7-4-13-25-24(22)27/h3-11,13,15H,12,14H2,1-2H3. The first-order valence-electron chi connectivity index (χ1n) is 10.7. The summed E-state index contributed by atoms with van der Waals surface area (Å²) in [4.78, 5) is 15.4. The molecule has 2 aromatic heterocycles. The Kier molecular flexibility index (Phi) is 5.17. The molecule has 0 radical (unpaired) electrons. The molecule has 0 unspecified atom stereocenters. The molecule has 0 amide bonds. The number of rotatable bonds is 4. The average molecular weight is 476 g/mol. The number of sulfonamides is 1. The maximum atomic E-state index is 13.6. The van der Waals surface area contributed by atoms with Crippen molar-refractivity contribution in [1.82, 2.24) is 14.8 Å². The van der Waals surface area contributed by atoms with Crippen molar-refractivity contribution >= 4 is 21.5 Å². The number of benzene rings is 2. The fourth-order valence-electron chi connectivity index (χ4n) is 4.21. The van der Waals surface area contributed by atoms with E-state index in [0.29, 0.717) is 29.2 Å². The van der Waals surface area contributed by atoms with Gasteiger partial charge in [0.2, 0.25) is 0 Å². The van der Waals surface area contributed by atoms with Gasteiger partial charge in [-0.15, -0.1) is 0 Å². The first-order chi connectivity index (χ1) is 16.3. The van der Waals surface area contributed by atoms with E-state index in [1.54, 1.807) is 59.4 Å². The quantitative estimate of drug-likeness (QED) is 0.323. The highest BCUT2D eigenvalue weighted by molar-refractivity contribution is 7.92. The summed E-state index contributed by atoms with van der Waals surface area (Å²) in [6.45, 7) is 3.97. The molecule has 0 N–H and O–H groups in total. The first kappa shape index (κ1) is 21.8. The third-order valence-electron chi connectivity index (χ3n) is 5.98. The summed E-state index contributed by atoms with van der Waals surface area (Å²) in [7, 11) is -3.84. The Morgan fingerprint density at radius 3 is 2.53 bits per heavy atom. The van der Waals surface area contributed by atoms with Crippen LogP contribution in [-0.2, 0) is 16.4 Å². The molecule has 5 rings (SSSR count). The minimum Gasteiger partial charge on any atom is -0.258 e. The molecule has 1 aliphatic rings. The molecule has 0 bridgehead atoms. The smallest absolute Gasteiger partial charge is 0.258 e. The molecule has 9 nitrogen and oxygen atoms in total. The summed E-state index contributed by atoms with van der Waals surface area (Å²) < 4.78 is 30.1. The van der Waals surface area contributed by atoms with E-state index in [-0.39, 0.29) is 17.1 Å². The number of nitrogens with zero attached hydrogens (tertiary/aromatic N) is 5. The lowest BCUT2D eigenvalue weighted by atomic mass is 10.1. The van der Waals surface area contributed by atoms with Crippen LogP contribution in [0.25, 0.3) is 16.9 Å². The van der Waals surface area contributed by atoms with Crippen LogP contribution >= 0.6 is 0 Å². The van der Waals surface area contributed by atoms with Crippen molar-refractivity contribution in [2.24, 2.45) is 0 Å². The zero-order chi connectivity index (χ0) is 24.0. The Bertz CT molecular complexity index is 1530. The molecule has 2 aromatic carbocycles. The van der Waals surface area contributed by atoms with Gasteiger partial charge in [0.15, 0.2) is 5.82 Å². The Balaban J connectivity index is 1.64. The minimum atomic E-state index is -3.84. The second-order valence-electron chi connectivity index (χ2n) is 8.12. The second-order valence-corrected chi connectivity index (χ2v) is 9.98. The third-order valence-corrected chi connectivity index (χ3v) is 7.78. The Morgan fingerprint density at radius 2 is 1.79 bits per heavy atom. The zero-order valence-corrected chi connectivity index (χ0v) is 19.4. The summed E-state index contributed by atoms with van der Waals surface area (Å²) in [6.07, 6.45) is 1.98. The van der Waals surface area contributed by atoms with Crippen LogP contribution < -0.4 is 4.31 Å². The van der Waals surface area contributed by atoms with Gasteiger partial charge in [-0.3, -0.25) is 10.1 Å². The molecule has 0 atom stereocenters. The van der Waals surface area contributed by atoms with Crippen LogP contribution in [0.3, 0.4) is 0 Å². The van der Waals surface area contributed by atoms with Gasteiger partial charge in [0.25, 0.3) is 15.7 Å². The van der Waals surface area contributed by atoms with Gasteiger partial charge in [0.1, 0.15) is 5.69 Å². The lowest BCUT2D eigenvalue weighted by Gasteiger charge is -2.23. The van der Waals surface area contributed by atoms with Crippen molar-refractivity contribution in [3.63, 3.8) is 0 Å². The fourth-order valence-corrected chi connectivity index (χ4v) is 5.65. The highest BCUT2D eigenvalue weighted by Crippen LogP contribution is 2.38. The van der Waals surface area contributed by atoms with Crippen LogP contribution in [0.1, 0.15) is 16.8 Å². The largest absolute Gasteiger partial charge is 0.271 e. The predicted molar refractivity (Wildman–Crippen MR) is 128 cm³/mol. The molecule has 0 saturated carbocycles. The number of nitro groups is 1. The van der Waals surface area contributed by atoms with E-state index in [2.05, 4.69) is 4.98 Å². The van der Waals surface area contributed by atoms with Crippen LogP contribution in [0.2, 0.25) is 0 Å². The minimum absolute atomic E-state index is 0.0278. The van der Waals surface area contributed by atoms with Gasteiger partial charge in [-0.25, -0.2) is 22.4 Å². The monoisotopic (exact) mass is 475 g/mol. The van der Waals surface area contributed by atoms with Crippen molar-refractivity contribution < 1.29 is 13.3 Å². The summed E-state index contributed by atoms with van der Waals surface area (Å²) in [5, 5.41) is 16.0. The number of non-ortho nitro benzene ring substituents is 1. The van der Waals surface area contributed by atoms with Crippen molar-refractivity contribution in [2.45, 2.75) is 25.2 Å². The molecule has 3 heterocycles. The number of fused-ring (bicyclic) bond motifs is 3. The average Bonchev–Trinajstić information content (AvgIpc) is 3.05. The highest BCUT2D eigenvalue weighted by atomic mass is 32.2. The molecular weight excluding hydrogens is 454 g/mol. The van der Waals surface area contributed by atoms with Crippen molar-refractivity contribution in [1.29, 1.82) is 0 Å². The lowest BCUT2D eigenvalue weighted by Crippen LogP contribution is -2.33. The maximum absolute atomic E-state index is 13.6. The number of pyridine rings is 1. The van der Waals surface area contributed by atoms with Gasteiger partial charge in [-0.2, -0.15) is 5.10 Å². The van der Waals surface area contributed by atoms with Gasteiger partial charge in [-0.05, 0) is 50.6 Å². The van der Waals surface area contributed by atoms with Gasteiger partial charge < -0.3 is 0 Å². The number of anilines is 1. The van der Waals surface area contributed by atoms with Crippen LogP contribution in [-0.4, -0.2) is 34.7 Å². The Hall–Kier alpha value is -4.05. The summed E-state index contributed by atoms with van der Waals surface area (Å²) in [6, 6.07) is 16.6. The number of nitro benzene ring substituents is 1. The van der Waals surface area contributed by atoms with Crippen LogP contribution in [0.15, 0.2) is 71.8 Å². The molecular formula is C24H21N5O4S. The van der Waals surface area contributed by atoms with Crippen molar-refractivity contribution in [3.8, 4) is 16.9 Å². The van der Waals surface area contributed by atoms with E-state index < -0.39 is 14.9 Å². The molecule has 0 spiro atoms. The van der Waals surface area contributed by atoms with Crippen LogP contribution in [0.5, 0.6) is 0 Å². The first-order valence-corrected chi connectivity index (χ1v) is 12.1. The van der Waals surface area contributed by atoms with E-state index in [1.165, 1.54) is 16.4 Å². The molecule has 10 heteroatoms. The van der Waals surface area contributed by atoms with Gasteiger partial charge in [0.05, 0.1) is 15.5 Å². The molecule has 172 valence electrons. The number of hydrogen-bond donors (Lipinski definition) is 0. The number of hydrogen-bond acceptors (Lipinski definition) is 6.